The second kappa shape index (κ2) is 9.36. The monoisotopic (exact) mass is 462 g/mol. The maximum atomic E-state index is 13.2. The lowest BCUT2D eigenvalue weighted by atomic mass is 9.82. The summed E-state index contributed by atoms with van der Waals surface area (Å²) < 4.78 is 18.3. The maximum Gasteiger partial charge on any atom is 0.328 e. The highest BCUT2D eigenvalue weighted by Gasteiger charge is 2.47. The zero-order valence-corrected chi connectivity index (χ0v) is 18.9. The number of nitrogens with zero attached hydrogens (tertiary/aromatic N) is 2. The zero-order valence-electron chi connectivity index (χ0n) is 18.9. The van der Waals surface area contributed by atoms with E-state index in [1.54, 1.807) is 18.4 Å². The van der Waals surface area contributed by atoms with E-state index in [0.717, 1.165) is 0 Å². The zero-order chi connectivity index (χ0) is 24.4. The fraction of sp³-hybridized carbons (Fsp3) is 0.429. The summed E-state index contributed by atoms with van der Waals surface area (Å²) in [5, 5.41) is 27.0. The first-order valence-electron chi connectivity index (χ1n) is 10.1. The van der Waals surface area contributed by atoms with Crippen molar-refractivity contribution < 1.29 is 38.4 Å². The number of imide groups is 2. The number of rotatable bonds is 8. The number of barbiturate groups is 1. The van der Waals surface area contributed by atoms with Gasteiger partial charge in [-0.15, -0.1) is 0 Å². The van der Waals surface area contributed by atoms with Crippen LogP contribution in [0.25, 0.3) is 0 Å². The number of nitrogens with one attached hydrogen (secondary N) is 2. The van der Waals surface area contributed by atoms with Crippen LogP contribution in [0.15, 0.2) is 12.1 Å². The summed E-state index contributed by atoms with van der Waals surface area (Å²) in [5.41, 5.74) is 1.22. The van der Waals surface area contributed by atoms with Gasteiger partial charge in [0.2, 0.25) is 17.6 Å². The molecule has 1 atom stereocenters. The second-order valence-corrected chi connectivity index (χ2v) is 7.42. The third-order valence-electron chi connectivity index (χ3n) is 5.74. The van der Waals surface area contributed by atoms with E-state index in [2.05, 4.69) is 10.6 Å². The Kier molecular flexibility index (Phi) is 6.77. The summed E-state index contributed by atoms with van der Waals surface area (Å²) in [6, 6.07) is 2.12. The van der Waals surface area contributed by atoms with Crippen molar-refractivity contribution in [3.8, 4) is 17.2 Å². The number of aromatic nitrogens is 2. The van der Waals surface area contributed by atoms with Gasteiger partial charge in [-0.05, 0) is 17.7 Å². The summed E-state index contributed by atoms with van der Waals surface area (Å²) >= 11 is 0. The van der Waals surface area contributed by atoms with Crippen molar-refractivity contribution in [2.24, 2.45) is 5.92 Å². The minimum Gasteiger partial charge on any atom is -0.711 e. The van der Waals surface area contributed by atoms with Crippen molar-refractivity contribution in [1.82, 2.24) is 15.2 Å². The van der Waals surface area contributed by atoms with E-state index < -0.39 is 29.7 Å². The number of hydrogen-bond donors (Lipinski definition) is 3. The lowest BCUT2D eigenvalue weighted by Gasteiger charge is -2.28. The van der Waals surface area contributed by atoms with E-state index in [9.17, 15) is 24.7 Å². The molecule has 12 nitrogen and oxygen atoms in total. The molecule has 1 aromatic carbocycles. The third kappa shape index (κ3) is 4.04. The molecule has 0 aliphatic carbocycles. The number of aliphatic hydroxyl groups excluding tert-OH is 1. The number of ether oxygens (including phenoxy) is 3. The number of amides is 4. The highest BCUT2D eigenvalue weighted by atomic mass is 16.5. The first kappa shape index (κ1) is 23.9. The standard InChI is InChI=1S/C21H26N4O8/c1-10-11(2)25(30)20(24(10)6-7-26)15(16-18(27)22-21(29)23-19(16)28)12-8-13(31-3)17(33-5)14(9-12)32-4/h8-9,15-16,26H,6-7H2,1-5H3,(H2,22,23,27,28,29)/t15-/m1/s1. The largest absolute Gasteiger partial charge is 0.711 e. The number of imidazole rings is 1. The number of hydrogen-bond acceptors (Lipinski definition) is 8. The molecule has 1 aromatic heterocycles. The van der Waals surface area contributed by atoms with Gasteiger partial charge in [0.1, 0.15) is 29.8 Å². The van der Waals surface area contributed by atoms with Crippen LogP contribution in [0, 0.1) is 25.0 Å². The topological polar surface area (TPSA) is 155 Å². The van der Waals surface area contributed by atoms with Gasteiger partial charge in [0.05, 0.1) is 27.9 Å². The molecule has 2 heterocycles. The van der Waals surface area contributed by atoms with E-state index in [0.29, 0.717) is 21.7 Å². The maximum absolute atomic E-state index is 13.2. The molecule has 0 bridgehead atoms. The van der Waals surface area contributed by atoms with Gasteiger partial charge in [0.25, 0.3) is 5.82 Å². The predicted octanol–water partition coefficient (Wildman–Crippen LogP) is -0.129. The molecule has 12 heteroatoms. The molecule has 0 unspecified atom stereocenters. The smallest absolute Gasteiger partial charge is 0.328 e. The van der Waals surface area contributed by atoms with Gasteiger partial charge in [-0.3, -0.25) is 20.2 Å². The van der Waals surface area contributed by atoms with Crippen LogP contribution < -0.4 is 29.6 Å². The molecular weight excluding hydrogens is 436 g/mol. The van der Waals surface area contributed by atoms with Crippen LogP contribution in [0.4, 0.5) is 4.79 Å². The normalized spacial score (nSPS) is 15.2. The number of benzene rings is 1. The Labute approximate surface area is 189 Å². The molecule has 2 aromatic rings. The molecule has 178 valence electrons. The predicted molar refractivity (Wildman–Crippen MR) is 113 cm³/mol. The summed E-state index contributed by atoms with van der Waals surface area (Å²) in [6.45, 7) is 3.05. The van der Waals surface area contributed by atoms with E-state index in [1.807, 2.05) is 0 Å². The second-order valence-electron chi connectivity index (χ2n) is 7.42. The summed E-state index contributed by atoms with van der Waals surface area (Å²) in [6.07, 6.45) is 0. The molecule has 0 saturated carbocycles. The summed E-state index contributed by atoms with van der Waals surface area (Å²) in [4.78, 5) is 37.4. The highest BCUT2D eigenvalue weighted by Crippen LogP contribution is 2.43. The summed E-state index contributed by atoms with van der Waals surface area (Å²) in [7, 11) is 4.24. The lowest BCUT2D eigenvalue weighted by molar-refractivity contribution is -0.621. The molecular formula is C21H26N4O8. The van der Waals surface area contributed by atoms with Crippen molar-refractivity contribution in [3.05, 3.63) is 40.1 Å². The van der Waals surface area contributed by atoms with Gasteiger partial charge in [0.15, 0.2) is 11.5 Å². The molecule has 0 radical (unpaired) electrons. The van der Waals surface area contributed by atoms with Crippen LogP contribution in [-0.4, -0.2) is 55.5 Å². The van der Waals surface area contributed by atoms with Gasteiger partial charge < -0.3 is 24.5 Å². The fourth-order valence-corrected chi connectivity index (χ4v) is 4.08. The van der Waals surface area contributed by atoms with Crippen LogP contribution in [0.3, 0.4) is 0 Å². The van der Waals surface area contributed by atoms with Gasteiger partial charge in [-0.2, -0.15) is 0 Å². The van der Waals surface area contributed by atoms with E-state index in [1.165, 1.54) is 33.5 Å². The van der Waals surface area contributed by atoms with Gasteiger partial charge in [0, 0.05) is 13.8 Å². The molecule has 4 amide bonds. The third-order valence-corrected chi connectivity index (χ3v) is 5.74. The first-order chi connectivity index (χ1) is 15.7. The molecule has 0 spiro atoms. The molecule has 3 rings (SSSR count). The van der Waals surface area contributed by atoms with Gasteiger partial charge in [-0.1, -0.05) is 0 Å². The molecule has 3 N–H and O–H groups in total. The lowest BCUT2D eigenvalue weighted by Crippen LogP contribution is -2.58. The molecule has 1 saturated heterocycles. The summed E-state index contributed by atoms with van der Waals surface area (Å²) in [5.74, 6) is -3.56. The van der Waals surface area contributed by atoms with Crippen molar-refractivity contribution in [2.75, 3.05) is 27.9 Å². The van der Waals surface area contributed by atoms with Crippen molar-refractivity contribution in [1.29, 1.82) is 0 Å². The fourth-order valence-electron chi connectivity index (χ4n) is 4.08. The average Bonchev–Trinajstić information content (AvgIpc) is 2.98. The Morgan fingerprint density at radius 3 is 2.06 bits per heavy atom. The van der Waals surface area contributed by atoms with Crippen molar-refractivity contribution in [2.45, 2.75) is 26.3 Å². The number of methoxy groups -OCH3 is 3. The minimum atomic E-state index is -1.48. The average molecular weight is 462 g/mol. The van der Waals surface area contributed by atoms with Crippen molar-refractivity contribution in [3.63, 3.8) is 0 Å². The van der Waals surface area contributed by atoms with Crippen LogP contribution in [-0.2, 0) is 16.1 Å². The Balaban J connectivity index is 2.36. The molecule has 1 fully saturated rings. The molecule has 33 heavy (non-hydrogen) atoms. The van der Waals surface area contributed by atoms with Gasteiger partial charge >= 0.3 is 6.03 Å². The quantitative estimate of drug-likeness (QED) is 0.278. The van der Waals surface area contributed by atoms with E-state index >= 15 is 0 Å². The minimum absolute atomic E-state index is 0.0398. The number of aliphatic hydroxyl groups is 1. The molecule has 1 aliphatic heterocycles. The SMILES string of the molecule is COc1cc([C@@H](c2n(CCO)c(C)c(C)[n+]2[O-])C2C(=O)NC(=O)NC2=O)cc(OC)c1OC. The van der Waals surface area contributed by atoms with Crippen LogP contribution in [0.2, 0.25) is 0 Å². The van der Waals surface area contributed by atoms with Crippen LogP contribution >= 0.6 is 0 Å². The first-order valence-corrected chi connectivity index (χ1v) is 10.1. The molecule has 1 aliphatic rings. The van der Waals surface area contributed by atoms with E-state index in [4.69, 9.17) is 14.2 Å². The Morgan fingerprint density at radius 2 is 1.61 bits per heavy atom. The van der Waals surface area contributed by atoms with Crippen LogP contribution in [0.1, 0.15) is 28.7 Å². The Bertz CT molecular complexity index is 1070. The van der Waals surface area contributed by atoms with Crippen molar-refractivity contribution >= 4 is 17.8 Å². The number of carbonyl (C=O) groups excluding carboxylic acids is 3. The van der Waals surface area contributed by atoms with Crippen LogP contribution in [0.5, 0.6) is 17.2 Å². The Morgan fingerprint density at radius 1 is 1.06 bits per heavy atom. The van der Waals surface area contributed by atoms with Gasteiger partial charge in [-0.25, -0.2) is 14.1 Å². The highest BCUT2D eigenvalue weighted by molar-refractivity contribution is 6.16. The number of urea groups is 1. The number of carbonyl (C=O) groups is 3. The Hall–Kier alpha value is -3.80. The van der Waals surface area contributed by atoms with E-state index in [-0.39, 0.29) is 36.2 Å².